The van der Waals surface area contributed by atoms with Crippen LogP contribution in [0, 0.1) is 40.2 Å². The highest BCUT2D eigenvalue weighted by Gasteiger charge is 2.62. The van der Waals surface area contributed by atoms with E-state index in [1.54, 1.807) is 0 Å². The van der Waals surface area contributed by atoms with Crippen molar-refractivity contribution in [3.63, 3.8) is 0 Å². The van der Waals surface area contributed by atoms with E-state index >= 15 is 0 Å². The molecule has 2 amide bonds. The lowest BCUT2D eigenvalue weighted by Crippen LogP contribution is -2.62. The Morgan fingerprint density at radius 2 is 1.50 bits per heavy atom. The minimum absolute atomic E-state index is 0.00241. The lowest BCUT2D eigenvalue weighted by Gasteiger charge is -2.62. The van der Waals surface area contributed by atoms with Gasteiger partial charge in [-0.2, -0.15) is 0 Å². The van der Waals surface area contributed by atoms with Crippen molar-refractivity contribution in [3.05, 3.63) is 35.4 Å². The molecule has 0 N–H and O–H groups in total. The predicted octanol–water partition coefficient (Wildman–Crippen LogP) is 8.78. The predicted molar refractivity (Wildman–Crippen MR) is 164 cm³/mol. The number of carbonyl (C=O) groups is 2. The normalized spacial score (nSPS) is 34.1. The quantitative estimate of drug-likeness (QED) is 0.244. The number of amides is 2. The van der Waals surface area contributed by atoms with Crippen molar-refractivity contribution in [2.24, 2.45) is 28.6 Å². The van der Waals surface area contributed by atoms with Crippen molar-refractivity contribution in [2.45, 2.75) is 136 Å². The number of hydrogen-bond donors (Lipinski definition) is 0. The average Bonchev–Trinajstić information content (AvgIpc) is 3.30. The Hall–Kier alpha value is -1.98. The first-order valence-corrected chi connectivity index (χ1v) is 17.1. The van der Waals surface area contributed by atoms with Crippen LogP contribution in [0.1, 0.15) is 134 Å². The molecule has 234 valence electrons. The molecule has 0 bridgehead atoms. The highest BCUT2D eigenvalue weighted by atomic mass is 19.1. The third kappa shape index (κ3) is 5.89. The summed E-state index contributed by atoms with van der Waals surface area (Å²) in [6.07, 6.45) is 17.7. The van der Waals surface area contributed by atoms with Gasteiger partial charge in [-0.05, 0) is 92.1 Å². The number of nitrogens with zero attached hydrogens (tertiary/aromatic N) is 2. The second-order valence-electron chi connectivity index (χ2n) is 14.7. The summed E-state index contributed by atoms with van der Waals surface area (Å²) in [6, 6.07) is 3.69. The third-order valence-electron chi connectivity index (χ3n) is 12.5. The molecule has 4 aliphatic rings. The van der Waals surface area contributed by atoms with Crippen LogP contribution in [-0.2, 0) is 4.79 Å². The van der Waals surface area contributed by atoms with Gasteiger partial charge in [0.1, 0.15) is 11.6 Å². The molecule has 0 unspecified atom stereocenters. The molecule has 7 atom stereocenters. The van der Waals surface area contributed by atoms with Crippen molar-refractivity contribution in [1.29, 1.82) is 0 Å². The maximum absolute atomic E-state index is 14.2. The standard InChI is InChI=1S/C36H54F2N2O2/c1-5-6-7-8-9-10-11-12-21-40(34(42)25-22-26(37)24-27(38)23-25)32-16-14-29-28-13-15-31-35(2,20-18-33(41)39(31)4)30(28)17-19-36(29,32)3/h22-24,28-32H,5-21H2,1-4H3/t28-,29-,30-,31+,32-,35+,36-/m0/s1. The number of halogens is 2. The van der Waals surface area contributed by atoms with E-state index in [0.717, 1.165) is 63.9 Å². The van der Waals surface area contributed by atoms with Gasteiger partial charge in [0.2, 0.25) is 5.91 Å². The number of fused-ring (bicyclic) bond motifs is 5. The van der Waals surface area contributed by atoms with Gasteiger partial charge in [-0.3, -0.25) is 9.59 Å². The second kappa shape index (κ2) is 12.9. The molecule has 4 nitrogen and oxygen atoms in total. The van der Waals surface area contributed by atoms with Crippen LogP contribution in [0.3, 0.4) is 0 Å². The first-order valence-electron chi connectivity index (χ1n) is 17.1. The van der Waals surface area contributed by atoms with Crippen molar-refractivity contribution in [2.75, 3.05) is 13.6 Å². The first kappa shape index (κ1) is 31.4. The summed E-state index contributed by atoms with van der Waals surface area (Å²) in [5.74, 6) is 0.459. The number of carbonyl (C=O) groups excluding carboxylic acids is 2. The fourth-order valence-corrected chi connectivity index (χ4v) is 10.3. The largest absolute Gasteiger partial charge is 0.342 e. The van der Waals surface area contributed by atoms with Crippen LogP contribution in [0.4, 0.5) is 8.78 Å². The number of benzene rings is 1. The van der Waals surface area contributed by atoms with E-state index in [1.807, 2.05) is 16.8 Å². The summed E-state index contributed by atoms with van der Waals surface area (Å²) >= 11 is 0. The molecule has 4 fully saturated rings. The van der Waals surface area contributed by atoms with Gasteiger partial charge in [-0.1, -0.05) is 65.7 Å². The van der Waals surface area contributed by atoms with Gasteiger partial charge >= 0.3 is 0 Å². The highest BCUT2D eigenvalue weighted by Crippen LogP contribution is 2.65. The molecule has 1 aromatic carbocycles. The van der Waals surface area contributed by atoms with E-state index in [4.69, 9.17) is 0 Å². The van der Waals surface area contributed by atoms with E-state index in [9.17, 15) is 18.4 Å². The molecule has 1 aliphatic heterocycles. The van der Waals surface area contributed by atoms with Gasteiger partial charge < -0.3 is 9.80 Å². The lowest BCUT2D eigenvalue weighted by molar-refractivity contribution is -0.158. The molecule has 0 spiro atoms. The van der Waals surface area contributed by atoms with E-state index in [1.165, 1.54) is 50.7 Å². The SMILES string of the molecule is CCCCCCCCCCN(C(=O)c1cc(F)cc(F)c1)[C@H]1CC[C@H]2[C@@H]3CC[C@H]4N(C)C(=O)CC[C@]4(C)[C@H]3CC[C@]12C. The molecule has 42 heavy (non-hydrogen) atoms. The maximum Gasteiger partial charge on any atom is 0.254 e. The third-order valence-corrected chi connectivity index (χ3v) is 12.5. The molecular formula is C36H54F2N2O2. The van der Waals surface area contributed by atoms with E-state index < -0.39 is 11.6 Å². The van der Waals surface area contributed by atoms with Crippen LogP contribution in [0.2, 0.25) is 0 Å². The van der Waals surface area contributed by atoms with Gasteiger partial charge in [0.05, 0.1) is 0 Å². The second-order valence-corrected chi connectivity index (χ2v) is 14.7. The van der Waals surface area contributed by atoms with Gasteiger partial charge in [-0.25, -0.2) is 8.78 Å². The Balaban J connectivity index is 1.33. The van der Waals surface area contributed by atoms with Gasteiger partial charge in [0.15, 0.2) is 0 Å². The van der Waals surface area contributed by atoms with Crippen LogP contribution < -0.4 is 0 Å². The Morgan fingerprint density at radius 1 is 0.857 bits per heavy atom. The van der Waals surface area contributed by atoms with Gasteiger partial charge in [0.25, 0.3) is 5.91 Å². The number of hydrogen-bond acceptors (Lipinski definition) is 2. The first-order chi connectivity index (χ1) is 20.1. The van der Waals surface area contributed by atoms with E-state index in [-0.39, 0.29) is 28.3 Å². The van der Waals surface area contributed by atoms with Crippen molar-refractivity contribution < 1.29 is 18.4 Å². The van der Waals surface area contributed by atoms with E-state index in [2.05, 4.69) is 20.8 Å². The smallest absolute Gasteiger partial charge is 0.254 e. The zero-order chi connectivity index (χ0) is 30.1. The molecular weight excluding hydrogens is 530 g/mol. The van der Waals surface area contributed by atoms with Crippen molar-refractivity contribution in [1.82, 2.24) is 9.80 Å². The summed E-state index contributed by atoms with van der Waals surface area (Å²) in [5.41, 5.74) is 0.301. The topological polar surface area (TPSA) is 40.6 Å². The molecule has 5 rings (SSSR count). The number of piperidine rings is 1. The zero-order valence-corrected chi connectivity index (χ0v) is 26.6. The number of likely N-dealkylation sites (tertiary alicyclic amines) is 1. The number of rotatable bonds is 11. The molecule has 0 radical (unpaired) electrons. The Labute approximate surface area is 253 Å². The highest BCUT2D eigenvalue weighted by molar-refractivity contribution is 5.94. The van der Waals surface area contributed by atoms with Crippen molar-refractivity contribution >= 4 is 11.8 Å². The molecule has 1 saturated heterocycles. The van der Waals surface area contributed by atoms with Crippen LogP contribution in [0.5, 0.6) is 0 Å². The monoisotopic (exact) mass is 584 g/mol. The molecule has 3 saturated carbocycles. The Bertz CT molecular complexity index is 1110. The maximum atomic E-state index is 14.2. The van der Waals surface area contributed by atoms with Gasteiger partial charge in [-0.15, -0.1) is 0 Å². The van der Waals surface area contributed by atoms with Crippen molar-refractivity contribution in [3.8, 4) is 0 Å². The summed E-state index contributed by atoms with van der Waals surface area (Å²) in [7, 11) is 2.01. The molecule has 6 heteroatoms. The summed E-state index contributed by atoms with van der Waals surface area (Å²) < 4.78 is 28.5. The van der Waals surface area contributed by atoms with Crippen LogP contribution in [0.15, 0.2) is 18.2 Å². The lowest BCUT2D eigenvalue weighted by atomic mass is 9.47. The van der Waals surface area contributed by atoms with E-state index in [0.29, 0.717) is 42.7 Å². The molecule has 1 aromatic rings. The van der Waals surface area contributed by atoms with Gasteiger partial charge in [0, 0.05) is 43.7 Å². The Kier molecular flexibility index (Phi) is 9.69. The summed E-state index contributed by atoms with van der Waals surface area (Å²) in [6.45, 7) is 7.75. The fraction of sp³-hybridized carbons (Fsp3) is 0.778. The van der Waals surface area contributed by atoms with Crippen LogP contribution in [-0.4, -0.2) is 47.3 Å². The van der Waals surface area contributed by atoms with Crippen LogP contribution >= 0.6 is 0 Å². The van der Waals surface area contributed by atoms with Crippen LogP contribution in [0.25, 0.3) is 0 Å². The summed E-state index contributed by atoms with van der Waals surface area (Å²) in [5, 5.41) is 0. The average molecular weight is 585 g/mol. The Morgan fingerprint density at radius 3 is 2.19 bits per heavy atom. The zero-order valence-electron chi connectivity index (χ0n) is 26.6. The summed E-state index contributed by atoms with van der Waals surface area (Å²) in [4.78, 5) is 30.7. The molecule has 3 aliphatic carbocycles. The molecule has 0 aromatic heterocycles. The molecule has 1 heterocycles. The minimum atomic E-state index is -0.692. The fourth-order valence-electron chi connectivity index (χ4n) is 10.3. The number of unbranched alkanes of at least 4 members (excludes halogenated alkanes) is 7. The minimum Gasteiger partial charge on any atom is -0.342 e.